The van der Waals surface area contributed by atoms with Crippen LogP contribution in [0.25, 0.3) is 0 Å². The van der Waals surface area contributed by atoms with Gasteiger partial charge in [0.2, 0.25) is 0 Å². The van der Waals surface area contributed by atoms with E-state index in [1.54, 1.807) is 0 Å². The Labute approximate surface area is 66.1 Å². The standard InChI is InChI=1S/C4H11O3P.Al.3H/c1-3-4-8(5,6)7-2;;;;/h3-4H2,1-2H3,(H,5,6);;;;. The lowest BCUT2D eigenvalue weighted by atomic mass is 10.6. The molecule has 0 aliphatic heterocycles. The van der Waals surface area contributed by atoms with E-state index in [1.165, 1.54) is 7.11 Å². The molecule has 0 amide bonds. The van der Waals surface area contributed by atoms with E-state index in [0.717, 1.165) is 0 Å². The fourth-order valence-corrected chi connectivity index (χ4v) is 1.12. The number of hydrogen-bond acceptors (Lipinski definition) is 2. The zero-order chi connectivity index (χ0) is 6.62. The molecule has 0 heterocycles. The highest BCUT2D eigenvalue weighted by Gasteiger charge is 2.13. The van der Waals surface area contributed by atoms with Gasteiger partial charge in [-0.2, -0.15) is 0 Å². The van der Waals surface area contributed by atoms with E-state index < -0.39 is 7.60 Å². The van der Waals surface area contributed by atoms with Crippen molar-refractivity contribution in [2.45, 2.75) is 13.3 Å². The van der Waals surface area contributed by atoms with Crippen molar-refractivity contribution >= 4 is 25.0 Å². The van der Waals surface area contributed by atoms with E-state index in [0.29, 0.717) is 6.42 Å². The van der Waals surface area contributed by atoms with Gasteiger partial charge in [-0.15, -0.1) is 0 Å². The maximum Gasteiger partial charge on any atom is 0.327 e. The second-order valence-electron chi connectivity index (χ2n) is 1.54. The summed E-state index contributed by atoms with van der Waals surface area (Å²) in [6.07, 6.45) is 0.936. The predicted molar refractivity (Wildman–Crippen MR) is 41.9 cm³/mol. The Morgan fingerprint density at radius 2 is 2.11 bits per heavy atom. The maximum atomic E-state index is 10.5. The SMILES string of the molecule is CCCP(=O)(O)OC.[AlH3]. The second kappa shape index (κ2) is 5.47. The molecule has 1 N–H and O–H groups in total. The minimum Gasteiger partial charge on any atom is -0.324 e. The summed E-state index contributed by atoms with van der Waals surface area (Å²) in [5.74, 6) is 0. The Kier molecular flexibility index (Phi) is 7.51. The van der Waals surface area contributed by atoms with Crippen molar-refractivity contribution < 1.29 is 14.0 Å². The van der Waals surface area contributed by atoms with E-state index in [4.69, 9.17) is 4.89 Å². The molecule has 1 atom stereocenters. The van der Waals surface area contributed by atoms with Gasteiger partial charge in [0, 0.05) is 13.3 Å². The van der Waals surface area contributed by atoms with Gasteiger partial charge in [0.1, 0.15) is 0 Å². The van der Waals surface area contributed by atoms with Gasteiger partial charge >= 0.3 is 7.60 Å². The Morgan fingerprint density at radius 1 is 1.67 bits per heavy atom. The van der Waals surface area contributed by atoms with Crippen molar-refractivity contribution in [3.05, 3.63) is 0 Å². The Hall–Kier alpha value is 0.682. The van der Waals surface area contributed by atoms with Gasteiger partial charge in [-0.25, -0.2) is 0 Å². The van der Waals surface area contributed by atoms with Gasteiger partial charge in [-0.1, -0.05) is 6.92 Å². The van der Waals surface area contributed by atoms with E-state index in [9.17, 15) is 4.57 Å². The number of hydrogen-bond donors (Lipinski definition) is 1. The van der Waals surface area contributed by atoms with Crippen molar-refractivity contribution in [3.8, 4) is 0 Å². The largest absolute Gasteiger partial charge is 0.327 e. The molecule has 0 aliphatic carbocycles. The van der Waals surface area contributed by atoms with Crippen LogP contribution in [0.5, 0.6) is 0 Å². The van der Waals surface area contributed by atoms with Gasteiger partial charge in [-0.05, 0) is 6.42 Å². The average molecular weight is 168 g/mol. The van der Waals surface area contributed by atoms with Crippen LogP contribution in [0.4, 0.5) is 0 Å². The Bertz CT molecular complexity index is 106. The smallest absolute Gasteiger partial charge is 0.324 e. The molecule has 9 heavy (non-hydrogen) atoms. The Balaban J connectivity index is 0. The van der Waals surface area contributed by atoms with Gasteiger partial charge in [0.15, 0.2) is 17.4 Å². The highest BCUT2D eigenvalue weighted by atomic mass is 31.2. The van der Waals surface area contributed by atoms with Crippen LogP contribution >= 0.6 is 7.60 Å². The summed E-state index contributed by atoms with van der Waals surface area (Å²) in [5.41, 5.74) is 0. The highest BCUT2D eigenvalue weighted by molar-refractivity contribution is 7.52. The van der Waals surface area contributed by atoms with Crippen LogP contribution in [0.1, 0.15) is 13.3 Å². The molecule has 1 unspecified atom stereocenters. The zero-order valence-electron chi connectivity index (χ0n) is 5.13. The van der Waals surface area contributed by atoms with E-state index in [2.05, 4.69) is 4.52 Å². The quantitative estimate of drug-likeness (QED) is 0.478. The second-order valence-corrected chi connectivity index (χ2v) is 3.63. The zero-order valence-corrected chi connectivity index (χ0v) is 6.02. The molecule has 0 spiro atoms. The maximum absolute atomic E-state index is 10.5. The molecule has 0 fully saturated rings. The fourth-order valence-electron chi connectivity index (χ4n) is 0.374. The average Bonchev–Trinajstić information content (AvgIpc) is 1.67. The summed E-state index contributed by atoms with van der Waals surface area (Å²) >= 11 is 0. The molecular weight excluding hydrogens is 154 g/mol. The molecule has 0 aliphatic rings. The minimum absolute atomic E-state index is 0. The van der Waals surface area contributed by atoms with Crippen LogP contribution in [-0.2, 0) is 9.09 Å². The molecule has 0 saturated carbocycles. The lowest BCUT2D eigenvalue weighted by Gasteiger charge is -2.04. The first-order chi connectivity index (χ1) is 3.62. The third kappa shape index (κ3) is 6.57. The molecule has 5 heteroatoms. The summed E-state index contributed by atoms with van der Waals surface area (Å²) < 4.78 is 14.8. The van der Waals surface area contributed by atoms with Crippen LogP contribution in [0.3, 0.4) is 0 Å². The van der Waals surface area contributed by atoms with Crippen molar-refractivity contribution in [2.24, 2.45) is 0 Å². The molecule has 56 valence electrons. The normalized spacial score (nSPS) is 15.9. The third-order valence-corrected chi connectivity index (χ3v) is 2.37. The van der Waals surface area contributed by atoms with Crippen molar-refractivity contribution in [3.63, 3.8) is 0 Å². The summed E-state index contributed by atoms with van der Waals surface area (Å²) in [4.78, 5) is 8.66. The molecule has 3 nitrogen and oxygen atoms in total. The van der Waals surface area contributed by atoms with Crippen LogP contribution < -0.4 is 0 Å². The molecular formula is C4H14AlO3P. The molecule has 0 bridgehead atoms. The van der Waals surface area contributed by atoms with E-state index >= 15 is 0 Å². The van der Waals surface area contributed by atoms with Crippen LogP contribution in [0, 0.1) is 0 Å². The summed E-state index contributed by atoms with van der Waals surface area (Å²) in [7, 11) is -1.93. The highest BCUT2D eigenvalue weighted by Crippen LogP contribution is 2.40. The van der Waals surface area contributed by atoms with Gasteiger partial charge < -0.3 is 9.42 Å². The third-order valence-electron chi connectivity index (χ3n) is 0.791. The monoisotopic (exact) mass is 168 g/mol. The summed E-state index contributed by atoms with van der Waals surface area (Å²) in [5, 5.41) is 0. The van der Waals surface area contributed by atoms with Crippen molar-refractivity contribution in [1.82, 2.24) is 0 Å². The molecule has 0 rings (SSSR count). The first-order valence-electron chi connectivity index (χ1n) is 2.50. The topological polar surface area (TPSA) is 46.5 Å². The summed E-state index contributed by atoms with van der Waals surface area (Å²) in [6.45, 7) is 1.84. The van der Waals surface area contributed by atoms with Crippen LogP contribution in [-0.4, -0.2) is 35.5 Å². The van der Waals surface area contributed by atoms with E-state index in [-0.39, 0.29) is 23.5 Å². The first kappa shape index (κ1) is 12.4. The van der Waals surface area contributed by atoms with E-state index in [1.807, 2.05) is 6.92 Å². The molecule has 0 aromatic rings. The van der Waals surface area contributed by atoms with Crippen molar-refractivity contribution in [1.29, 1.82) is 0 Å². The van der Waals surface area contributed by atoms with Crippen molar-refractivity contribution in [2.75, 3.05) is 13.3 Å². The first-order valence-corrected chi connectivity index (χ1v) is 4.26. The predicted octanol–water partition coefficient (Wildman–Crippen LogP) is 0.0443. The Morgan fingerprint density at radius 3 is 2.22 bits per heavy atom. The molecule has 0 saturated heterocycles. The lowest BCUT2D eigenvalue weighted by Crippen LogP contribution is -1.87. The van der Waals surface area contributed by atoms with Gasteiger partial charge in [0.25, 0.3) is 0 Å². The molecule has 0 aromatic carbocycles. The molecule has 0 aromatic heterocycles. The van der Waals surface area contributed by atoms with Crippen LogP contribution in [0.15, 0.2) is 0 Å². The summed E-state index contributed by atoms with van der Waals surface area (Å²) in [6, 6.07) is 0. The fraction of sp³-hybridized carbons (Fsp3) is 1.00. The van der Waals surface area contributed by atoms with Gasteiger partial charge in [0.05, 0.1) is 0 Å². The lowest BCUT2D eigenvalue weighted by molar-refractivity contribution is 0.315. The van der Waals surface area contributed by atoms with Crippen LogP contribution in [0.2, 0.25) is 0 Å². The van der Waals surface area contributed by atoms with Gasteiger partial charge in [-0.3, -0.25) is 4.57 Å². The number of rotatable bonds is 3. The molecule has 0 radical (unpaired) electrons. The minimum atomic E-state index is -3.17.